The van der Waals surface area contributed by atoms with Crippen molar-refractivity contribution in [2.45, 2.75) is 4.90 Å². The molecule has 0 heterocycles. The molecule has 0 aromatic heterocycles. The number of rotatable bonds is 3. The summed E-state index contributed by atoms with van der Waals surface area (Å²) < 4.78 is 41.3. The van der Waals surface area contributed by atoms with E-state index in [4.69, 9.17) is 27.2 Å². The molecule has 0 saturated carbocycles. The summed E-state index contributed by atoms with van der Waals surface area (Å²) in [7, 11) is -4.02. The van der Waals surface area contributed by atoms with Crippen LogP contribution >= 0.6 is 11.6 Å². The first-order valence-corrected chi connectivity index (χ1v) is 7.25. The Balaban J connectivity index is 2.49. The van der Waals surface area contributed by atoms with Crippen molar-refractivity contribution < 1.29 is 17.5 Å². The lowest BCUT2D eigenvalue weighted by Crippen LogP contribution is -2.13. The van der Waals surface area contributed by atoms with Gasteiger partial charge >= 0.3 is 0 Å². The quantitative estimate of drug-likeness (QED) is 0.850. The lowest BCUT2D eigenvalue weighted by atomic mass is 10.3. The van der Waals surface area contributed by atoms with E-state index in [1.165, 1.54) is 24.3 Å². The lowest BCUT2D eigenvalue weighted by Gasteiger charge is -2.11. The number of sulfonamides is 1. The second-order valence-electron chi connectivity index (χ2n) is 3.93. The van der Waals surface area contributed by atoms with E-state index >= 15 is 0 Å². The monoisotopic (exact) mass is 316 g/mol. The maximum Gasteiger partial charge on any atom is 0.241 e. The van der Waals surface area contributed by atoms with Gasteiger partial charge in [-0.1, -0.05) is 11.6 Å². The number of halogens is 2. The molecule has 4 N–H and O–H groups in total. The van der Waals surface area contributed by atoms with Crippen molar-refractivity contribution in [1.82, 2.24) is 0 Å². The van der Waals surface area contributed by atoms with Crippen LogP contribution in [0, 0.1) is 5.82 Å². The molecule has 0 fully saturated rings. The standard InChI is InChI=1S/C12H10ClFN2O3S/c13-9-5-7(14)1-3-10(9)19-11-4-2-8(15)6-12(11)20(16,17)18/h1-6H,15H2,(H2,16,17,18). The Morgan fingerprint density at radius 1 is 1.10 bits per heavy atom. The minimum Gasteiger partial charge on any atom is -0.454 e. The summed E-state index contributed by atoms with van der Waals surface area (Å²) in [4.78, 5) is -0.280. The van der Waals surface area contributed by atoms with Crippen molar-refractivity contribution >= 4 is 27.3 Å². The van der Waals surface area contributed by atoms with E-state index in [0.717, 1.165) is 12.1 Å². The maximum atomic E-state index is 12.9. The van der Waals surface area contributed by atoms with Crippen molar-refractivity contribution in [2.75, 3.05) is 5.73 Å². The van der Waals surface area contributed by atoms with Crippen LogP contribution in [-0.4, -0.2) is 8.42 Å². The van der Waals surface area contributed by atoms with Crippen LogP contribution in [-0.2, 0) is 10.0 Å². The molecule has 0 atom stereocenters. The summed E-state index contributed by atoms with van der Waals surface area (Å²) in [5, 5.41) is 5.09. The fraction of sp³-hybridized carbons (Fsp3) is 0. The maximum absolute atomic E-state index is 12.9. The molecule has 0 aliphatic carbocycles. The molecule has 0 bridgehead atoms. The van der Waals surface area contributed by atoms with Gasteiger partial charge in [-0.3, -0.25) is 0 Å². The van der Waals surface area contributed by atoms with Crippen molar-refractivity contribution in [2.24, 2.45) is 5.14 Å². The highest BCUT2D eigenvalue weighted by Crippen LogP contribution is 2.33. The Hall–Kier alpha value is -1.83. The molecule has 0 saturated heterocycles. The molecule has 2 rings (SSSR count). The number of nitrogen functional groups attached to an aromatic ring is 1. The number of hydrogen-bond acceptors (Lipinski definition) is 4. The molecule has 0 unspecified atom stereocenters. The van der Waals surface area contributed by atoms with Crippen molar-refractivity contribution in [3.63, 3.8) is 0 Å². The molecule has 8 heteroatoms. The number of anilines is 1. The van der Waals surface area contributed by atoms with Crippen LogP contribution in [0.3, 0.4) is 0 Å². The first-order valence-electron chi connectivity index (χ1n) is 5.32. The van der Waals surface area contributed by atoms with Crippen LogP contribution < -0.4 is 15.6 Å². The lowest BCUT2D eigenvalue weighted by molar-refractivity contribution is 0.466. The van der Waals surface area contributed by atoms with E-state index in [9.17, 15) is 12.8 Å². The minimum atomic E-state index is -4.02. The zero-order valence-corrected chi connectivity index (χ0v) is 11.6. The fourth-order valence-corrected chi connectivity index (χ4v) is 2.40. The Morgan fingerprint density at radius 2 is 1.75 bits per heavy atom. The summed E-state index contributed by atoms with van der Waals surface area (Å²) in [6.45, 7) is 0. The van der Waals surface area contributed by atoms with E-state index in [-0.39, 0.29) is 27.1 Å². The highest BCUT2D eigenvalue weighted by molar-refractivity contribution is 7.89. The number of nitrogens with two attached hydrogens (primary N) is 2. The molecule has 0 amide bonds. The zero-order chi connectivity index (χ0) is 14.9. The van der Waals surface area contributed by atoms with Gasteiger partial charge in [0.1, 0.15) is 22.2 Å². The Kier molecular flexibility index (Phi) is 3.85. The van der Waals surface area contributed by atoms with Gasteiger partial charge in [0.2, 0.25) is 10.0 Å². The Bertz CT molecular complexity index is 765. The van der Waals surface area contributed by atoms with Gasteiger partial charge in [-0.05, 0) is 36.4 Å². The summed E-state index contributed by atoms with van der Waals surface area (Å²) in [6.07, 6.45) is 0. The summed E-state index contributed by atoms with van der Waals surface area (Å²) >= 11 is 5.81. The van der Waals surface area contributed by atoms with Gasteiger partial charge in [0.25, 0.3) is 0 Å². The second kappa shape index (κ2) is 5.28. The van der Waals surface area contributed by atoms with Crippen LogP contribution in [0.5, 0.6) is 11.5 Å². The minimum absolute atomic E-state index is 0.00203. The van der Waals surface area contributed by atoms with Crippen LogP contribution in [0.25, 0.3) is 0 Å². The molecular formula is C12H10ClFN2O3S. The highest BCUT2D eigenvalue weighted by atomic mass is 35.5. The van der Waals surface area contributed by atoms with E-state index in [0.29, 0.717) is 0 Å². The van der Waals surface area contributed by atoms with Crippen LogP contribution in [0.4, 0.5) is 10.1 Å². The molecule has 0 aliphatic heterocycles. The molecule has 106 valence electrons. The average Bonchev–Trinajstić information content (AvgIpc) is 2.33. The third-order valence-electron chi connectivity index (χ3n) is 2.39. The Labute approximate surface area is 120 Å². The van der Waals surface area contributed by atoms with Crippen molar-refractivity contribution in [1.29, 1.82) is 0 Å². The van der Waals surface area contributed by atoms with Crippen LogP contribution in [0.15, 0.2) is 41.3 Å². The molecule has 0 radical (unpaired) electrons. The van der Waals surface area contributed by atoms with Gasteiger partial charge in [-0.15, -0.1) is 0 Å². The molecule has 0 spiro atoms. The SMILES string of the molecule is Nc1ccc(Oc2ccc(F)cc2Cl)c(S(N)(=O)=O)c1. The van der Waals surface area contributed by atoms with Crippen LogP contribution in [0.2, 0.25) is 5.02 Å². The zero-order valence-electron chi connectivity index (χ0n) is 10.0. The van der Waals surface area contributed by atoms with Gasteiger partial charge in [-0.2, -0.15) is 0 Å². The first kappa shape index (κ1) is 14.6. The predicted octanol–water partition coefficient (Wildman–Crippen LogP) is 2.50. The van der Waals surface area contributed by atoms with Gasteiger partial charge in [0.15, 0.2) is 0 Å². The van der Waals surface area contributed by atoms with Crippen molar-refractivity contribution in [3.05, 3.63) is 47.2 Å². The number of ether oxygens (including phenoxy) is 1. The van der Waals surface area contributed by atoms with Gasteiger partial charge in [0.05, 0.1) is 5.02 Å². The van der Waals surface area contributed by atoms with E-state index < -0.39 is 15.8 Å². The second-order valence-corrected chi connectivity index (χ2v) is 5.87. The summed E-state index contributed by atoms with van der Waals surface area (Å²) in [5.74, 6) is -0.482. The third-order valence-corrected chi connectivity index (χ3v) is 3.62. The molecule has 20 heavy (non-hydrogen) atoms. The molecule has 0 aliphatic rings. The summed E-state index contributed by atoms with van der Waals surface area (Å²) in [6, 6.07) is 7.42. The molecule has 2 aromatic carbocycles. The van der Waals surface area contributed by atoms with Crippen LogP contribution in [0.1, 0.15) is 0 Å². The Morgan fingerprint density at radius 3 is 2.35 bits per heavy atom. The normalized spacial score (nSPS) is 11.3. The number of hydrogen-bond donors (Lipinski definition) is 2. The fourth-order valence-electron chi connectivity index (χ4n) is 1.51. The predicted molar refractivity (Wildman–Crippen MR) is 73.7 cm³/mol. The van der Waals surface area contributed by atoms with Gasteiger partial charge in [-0.25, -0.2) is 17.9 Å². The summed E-state index contributed by atoms with van der Waals surface area (Å²) in [5.41, 5.74) is 5.73. The molecular weight excluding hydrogens is 307 g/mol. The number of benzene rings is 2. The molecule has 5 nitrogen and oxygen atoms in total. The van der Waals surface area contributed by atoms with Crippen molar-refractivity contribution in [3.8, 4) is 11.5 Å². The molecule has 2 aromatic rings. The van der Waals surface area contributed by atoms with E-state index in [2.05, 4.69) is 0 Å². The largest absolute Gasteiger partial charge is 0.454 e. The van der Waals surface area contributed by atoms with Gasteiger partial charge in [0, 0.05) is 5.69 Å². The smallest absolute Gasteiger partial charge is 0.241 e. The number of primary sulfonamides is 1. The topological polar surface area (TPSA) is 95.4 Å². The average molecular weight is 317 g/mol. The first-order chi connectivity index (χ1) is 9.27. The highest BCUT2D eigenvalue weighted by Gasteiger charge is 2.17. The van der Waals surface area contributed by atoms with E-state index in [1.807, 2.05) is 0 Å². The van der Waals surface area contributed by atoms with E-state index in [1.54, 1.807) is 0 Å². The third kappa shape index (κ3) is 3.19. The van der Waals surface area contributed by atoms with Gasteiger partial charge < -0.3 is 10.5 Å².